The van der Waals surface area contributed by atoms with Crippen molar-refractivity contribution in [2.45, 2.75) is 36.6 Å². The molecule has 6 heteroatoms. The molecule has 112 valence electrons. The van der Waals surface area contributed by atoms with Crippen molar-refractivity contribution in [2.24, 2.45) is 0 Å². The van der Waals surface area contributed by atoms with Crippen LogP contribution in [0.15, 0.2) is 22.7 Å². The molecule has 1 nitrogen and oxygen atoms in total. The van der Waals surface area contributed by atoms with E-state index in [1.54, 1.807) is 11.8 Å². The normalized spacial score (nSPS) is 18.2. The topological polar surface area (TPSA) is 12.0 Å². The predicted molar refractivity (Wildman–Crippen MR) is 82.3 cm³/mol. The zero-order chi connectivity index (χ0) is 14.8. The minimum absolute atomic E-state index is 0.0746. The Balaban J connectivity index is 2.18. The van der Waals surface area contributed by atoms with E-state index >= 15 is 0 Å². The van der Waals surface area contributed by atoms with Crippen LogP contribution in [0.5, 0.6) is 0 Å². The lowest BCUT2D eigenvalue weighted by Gasteiger charge is -2.28. The number of hydrogen-bond donors (Lipinski definition) is 1. The number of rotatable bonds is 4. The Hall–Kier alpha value is -0.360. The summed E-state index contributed by atoms with van der Waals surface area (Å²) in [4.78, 5) is 0. The van der Waals surface area contributed by atoms with Crippen LogP contribution in [0.3, 0.4) is 0 Å². The first-order chi connectivity index (χ1) is 9.36. The van der Waals surface area contributed by atoms with E-state index in [1.165, 1.54) is 12.1 Å². The fourth-order valence-electron chi connectivity index (χ4n) is 2.64. The summed E-state index contributed by atoms with van der Waals surface area (Å²) in [5.41, 5.74) is -0.442. The minimum atomic E-state index is -4.33. The van der Waals surface area contributed by atoms with Gasteiger partial charge in [0, 0.05) is 21.5 Å². The molecule has 2 rings (SSSR count). The van der Waals surface area contributed by atoms with E-state index in [-0.39, 0.29) is 10.4 Å². The lowest BCUT2D eigenvalue weighted by Crippen LogP contribution is -2.30. The Kier molecular flexibility index (Phi) is 4.95. The van der Waals surface area contributed by atoms with Gasteiger partial charge in [0.05, 0.1) is 5.56 Å². The monoisotopic (exact) mass is 367 g/mol. The van der Waals surface area contributed by atoms with E-state index < -0.39 is 11.7 Å². The zero-order valence-corrected chi connectivity index (χ0v) is 13.6. The second-order valence-corrected chi connectivity index (χ2v) is 7.33. The second-order valence-electron chi connectivity index (χ2n) is 5.14. The van der Waals surface area contributed by atoms with Gasteiger partial charge in [0.25, 0.3) is 0 Å². The van der Waals surface area contributed by atoms with Crippen LogP contribution in [-0.4, -0.2) is 17.5 Å². The van der Waals surface area contributed by atoms with E-state index in [2.05, 4.69) is 21.2 Å². The van der Waals surface area contributed by atoms with Gasteiger partial charge >= 0.3 is 6.18 Å². The Bertz CT molecular complexity index is 470. The van der Waals surface area contributed by atoms with Crippen LogP contribution in [0.2, 0.25) is 0 Å². The van der Waals surface area contributed by atoms with Crippen molar-refractivity contribution in [3.63, 3.8) is 0 Å². The molecule has 0 radical (unpaired) electrons. The van der Waals surface area contributed by atoms with Crippen molar-refractivity contribution in [2.75, 3.05) is 18.1 Å². The third-order valence-corrected chi connectivity index (χ3v) is 5.75. The highest BCUT2D eigenvalue weighted by Crippen LogP contribution is 2.41. The number of anilines is 1. The van der Waals surface area contributed by atoms with Crippen LogP contribution in [-0.2, 0) is 6.18 Å². The number of thioether (sulfide) groups is 1. The van der Waals surface area contributed by atoms with E-state index in [4.69, 9.17) is 0 Å². The van der Waals surface area contributed by atoms with Crippen molar-refractivity contribution < 1.29 is 13.2 Å². The number of hydrogen-bond acceptors (Lipinski definition) is 2. The van der Waals surface area contributed by atoms with E-state index in [1.807, 2.05) is 6.26 Å². The van der Waals surface area contributed by atoms with Crippen molar-refractivity contribution in [3.05, 3.63) is 28.2 Å². The van der Waals surface area contributed by atoms with Crippen LogP contribution in [0.25, 0.3) is 0 Å². The summed E-state index contributed by atoms with van der Waals surface area (Å²) in [5, 5.41) is 3.02. The molecule has 0 atom stereocenters. The fraction of sp³-hybridized carbons (Fsp3) is 0.571. The number of nitrogens with one attached hydrogen (secondary N) is 1. The Morgan fingerprint density at radius 2 is 1.95 bits per heavy atom. The lowest BCUT2D eigenvalue weighted by atomic mass is 10.1. The van der Waals surface area contributed by atoms with E-state index in [0.29, 0.717) is 11.0 Å². The lowest BCUT2D eigenvalue weighted by molar-refractivity contribution is -0.137. The molecule has 1 aliphatic carbocycles. The van der Waals surface area contributed by atoms with Crippen LogP contribution < -0.4 is 5.32 Å². The predicted octanol–water partition coefficient (Wildman–Crippen LogP) is 5.56. The molecule has 1 aliphatic rings. The highest BCUT2D eigenvalue weighted by Gasteiger charge is 2.36. The van der Waals surface area contributed by atoms with Gasteiger partial charge in [-0.3, -0.25) is 0 Å². The van der Waals surface area contributed by atoms with Crippen molar-refractivity contribution in [3.8, 4) is 0 Å². The molecule has 0 aliphatic heterocycles. The standard InChI is InChI=1S/C14H17BrF3NS/c1-20-13(6-2-3-7-13)9-19-12-8-10(15)4-5-11(12)14(16,17)18/h4-5,8,19H,2-3,6-7,9H2,1H3. The van der Waals surface area contributed by atoms with Crippen LogP contribution in [0.4, 0.5) is 18.9 Å². The summed E-state index contributed by atoms with van der Waals surface area (Å²) in [6.07, 6.45) is 2.16. The van der Waals surface area contributed by atoms with Gasteiger partial charge in [0.2, 0.25) is 0 Å². The molecule has 1 saturated carbocycles. The van der Waals surface area contributed by atoms with Gasteiger partial charge < -0.3 is 5.32 Å². The van der Waals surface area contributed by atoms with Crippen LogP contribution in [0, 0.1) is 0 Å². The van der Waals surface area contributed by atoms with E-state index in [0.717, 1.165) is 31.7 Å². The van der Waals surface area contributed by atoms with Gasteiger partial charge in [-0.15, -0.1) is 0 Å². The highest BCUT2D eigenvalue weighted by atomic mass is 79.9. The Morgan fingerprint density at radius 1 is 1.30 bits per heavy atom. The van der Waals surface area contributed by atoms with Gasteiger partial charge in [-0.05, 0) is 37.3 Å². The second kappa shape index (κ2) is 6.18. The summed E-state index contributed by atoms with van der Waals surface area (Å²) in [5.74, 6) is 0. The minimum Gasteiger partial charge on any atom is -0.383 e. The molecule has 0 aromatic heterocycles. The van der Waals surface area contributed by atoms with Gasteiger partial charge in [0.15, 0.2) is 0 Å². The van der Waals surface area contributed by atoms with Gasteiger partial charge in [0.1, 0.15) is 0 Å². The zero-order valence-electron chi connectivity index (χ0n) is 11.2. The molecule has 0 spiro atoms. The molecule has 0 heterocycles. The molecule has 1 fully saturated rings. The van der Waals surface area contributed by atoms with Crippen molar-refractivity contribution in [1.29, 1.82) is 0 Å². The van der Waals surface area contributed by atoms with E-state index in [9.17, 15) is 13.2 Å². The molecular weight excluding hydrogens is 351 g/mol. The molecule has 0 unspecified atom stereocenters. The molecule has 1 aromatic rings. The Morgan fingerprint density at radius 3 is 2.50 bits per heavy atom. The highest BCUT2D eigenvalue weighted by molar-refractivity contribution is 9.10. The average Bonchev–Trinajstić information content (AvgIpc) is 2.84. The quantitative estimate of drug-likeness (QED) is 0.747. The smallest absolute Gasteiger partial charge is 0.383 e. The molecule has 0 saturated heterocycles. The van der Waals surface area contributed by atoms with Crippen LogP contribution >= 0.6 is 27.7 Å². The van der Waals surface area contributed by atoms with Gasteiger partial charge in [-0.1, -0.05) is 28.8 Å². The summed E-state index contributed by atoms with van der Waals surface area (Å²) in [7, 11) is 0. The largest absolute Gasteiger partial charge is 0.418 e. The number of alkyl halides is 3. The molecule has 1 aromatic carbocycles. The first kappa shape index (κ1) is 16.0. The summed E-state index contributed by atoms with van der Waals surface area (Å²) in [6, 6.07) is 4.05. The first-order valence-electron chi connectivity index (χ1n) is 6.52. The molecule has 0 amide bonds. The van der Waals surface area contributed by atoms with Gasteiger partial charge in [-0.2, -0.15) is 24.9 Å². The average molecular weight is 368 g/mol. The van der Waals surface area contributed by atoms with Crippen molar-refractivity contribution in [1.82, 2.24) is 0 Å². The summed E-state index contributed by atoms with van der Waals surface area (Å²) in [6.45, 7) is 0.577. The SMILES string of the molecule is CSC1(CNc2cc(Br)ccc2C(F)(F)F)CCCC1. The third-order valence-electron chi connectivity index (χ3n) is 3.84. The molecule has 20 heavy (non-hydrogen) atoms. The third kappa shape index (κ3) is 3.64. The van der Waals surface area contributed by atoms with Crippen LogP contribution in [0.1, 0.15) is 31.2 Å². The first-order valence-corrected chi connectivity index (χ1v) is 8.54. The summed E-state index contributed by atoms with van der Waals surface area (Å²) < 4.78 is 39.7. The maximum atomic E-state index is 13.0. The fourth-order valence-corrected chi connectivity index (χ4v) is 3.91. The Labute approximate surface area is 129 Å². The van der Waals surface area contributed by atoms with Gasteiger partial charge in [-0.25, -0.2) is 0 Å². The molecule has 1 N–H and O–H groups in total. The number of halogens is 4. The summed E-state index contributed by atoms with van der Waals surface area (Å²) >= 11 is 5.00. The van der Waals surface area contributed by atoms with Crippen molar-refractivity contribution >= 4 is 33.4 Å². The molecular formula is C14H17BrF3NS. The molecule has 0 bridgehead atoms. The maximum absolute atomic E-state index is 13.0. The maximum Gasteiger partial charge on any atom is 0.418 e. The number of benzene rings is 1.